The number of benzene rings is 1. The van der Waals surface area contributed by atoms with E-state index in [0.29, 0.717) is 17.9 Å². The molecule has 2 unspecified atom stereocenters. The van der Waals surface area contributed by atoms with Crippen LogP contribution in [0, 0.1) is 6.92 Å². The summed E-state index contributed by atoms with van der Waals surface area (Å²) < 4.78 is 11.0. The molecule has 2 heterocycles. The largest absolute Gasteiger partial charge is 0.493 e. The molecule has 2 atom stereocenters. The molecular weight excluding hydrogens is 350 g/mol. The van der Waals surface area contributed by atoms with Gasteiger partial charge in [-0.1, -0.05) is 25.1 Å². The highest BCUT2D eigenvalue weighted by molar-refractivity contribution is 7.14. The van der Waals surface area contributed by atoms with Gasteiger partial charge >= 0.3 is 5.97 Å². The summed E-state index contributed by atoms with van der Waals surface area (Å²) in [6, 6.07) is 9.34. The molecule has 0 fully saturated rings. The lowest BCUT2D eigenvalue weighted by molar-refractivity contribution is -0.130. The molecule has 2 aromatic rings. The van der Waals surface area contributed by atoms with Gasteiger partial charge < -0.3 is 14.8 Å². The number of ether oxygens (including phenoxy) is 2. The lowest BCUT2D eigenvalue weighted by Crippen LogP contribution is -2.39. The molecule has 1 aromatic heterocycles. The van der Waals surface area contributed by atoms with Crippen LogP contribution in [0.3, 0.4) is 0 Å². The smallest absolute Gasteiger partial charge is 0.349 e. The van der Waals surface area contributed by atoms with Crippen molar-refractivity contribution in [2.24, 2.45) is 0 Å². The van der Waals surface area contributed by atoms with E-state index >= 15 is 0 Å². The molecule has 1 N–H and O–H groups in total. The van der Waals surface area contributed by atoms with Crippen molar-refractivity contribution in [3.8, 4) is 5.75 Å². The van der Waals surface area contributed by atoms with Crippen molar-refractivity contribution in [2.45, 2.75) is 45.8 Å². The Morgan fingerprint density at radius 2 is 2.15 bits per heavy atom. The van der Waals surface area contributed by atoms with Crippen LogP contribution in [0.25, 0.3) is 0 Å². The van der Waals surface area contributed by atoms with E-state index in [1.807, 2.05) is 37.3 Å². The minimum Gasteiger partial charge on any atom is -0.493 e. The highest BCUT2D eigenvalue weighted by Crippen LogP contribution is 2.31. The van der Waals surface area contributed by atoms with Crippen LogP contribution in [0.4, 0.5) is 0 Å². The van der Waals surface area contributed by atoms with Gasteiger partial charge in [0.1, 0.15) is 10.6 Å². The van der Waals surface area contributed by atoms with E-state index in [-0.39, 0.29) is 11.9 Å². The number of aryl methyl sites for hydroxylation is 2. The zero-order chi connectivity index (χ0) is 18.7. The van der Waals surface area contributed by atoms with Gasteiger partial charge in [-0.05, 0) is 38.0 Å². The first-order valence-electron chi connectivity index (χ1n) is 8.82. The van der Waals surface area contributed by atoms with Crippen molar-refractivity contribution in [1.29, 1.82) is 0 Å². The van der Waals surface area contributed by atoms with E-state index in [2.05, 4.69) is 12.2 Å². The Labute approximate surface area is 157 Å². The van der Waals surface area contributed by atoms with Crippen LogP contribution in [-0.4, -0.2) is 24.6 Å². The van der Waals surface area contributed by atoms with Crippen LogP contribution in [0.15, 0.2) is 30.3 Å². The van der Waals surface area contributed by atoms with Crippen molar-refractivity contribution >= 4 is 23.2 Å². The number of hydrogen-bond acceptors (Lipinski definition) is 5. The molecule has 0 radical (unpaired) electrons. The SMILES string of the molecule is CCc1sc(C(=O)OC(C)C(=O)NC2CCOc3ccccc32)cc1C. The zero-order valence-corrected chi connectivity index (χ0v) is 16.0. The topological polar surface area (TPSA) is 64.6 Å². The third-order valence-electron chi connectivity index (χ3n) is 4.47. The van der Waals surface area contributed by atoms with E-state index in [0.717, 1.165) is 28.2 Å². The normalized spacial score (nSPS) is 17.0. The molecular formula is C20H23NO4S. The summed E-state index contributed by atoms with van der Waals surface area (Å²) in [5.74, 6) is 0.0340. The average Bonchev–Trinajstić information content (AvgIpc) is 3.03. The minimum absolute atomic E-state index is 0.135. The molecule has 0 saturated carbocycles. The molecule has 6 heteroatoms. The van der Waals surface area contributed by atoms with Crippen molar-refractivity contribution < 1.29 is 19.1 Å². The minimum atomic E-state index is -0.856. The number of para-hydroxylation sites is 1. The second-order valence-corrected chi connectivity index (χ2v) is 7.49. The van der Waals surface area contributed by atoms with Crippen molar-refractivity contribution in [3.63, 3.8) is 0 Å². The molecule has 1 aromatic carbocycles. The third-order valence-corrected chi connectivity index (χ3v) is 5.83. The standard InChI is InChI=1S/C20H23NO4S/c1-4-17-12(2)11-18(26-17)20(23)25-13(3)19(22)21-15-9-10-24-16-8-6-5-7-14(15)16/h5-8,11,13,15H,4,9-10H2,1-3H3,(H,21,22). The van der Waals surface area contributed by atoms with Crippen LogP contribution in [0.1, 0.15) is 52.0 Å². The second-order valence-electron chi connectivity index (χ2n) is 6.35. The molecule has 5 nitrogen and oxygen atoms in total. The maximum atomic E-state index is 12.5. The Morgan fingerprint density at radius 1 is 1.38 bits per heavy atom. The molecule has 1 amide bonds. The summed E-state index contributed by atoms with van der Waals surface area (Å²) in [6.45, 7) is 6.17. The first kappa shape index (κ1) is 18.5. The highest BCUT2D eigenvalue weighted by atomic mass is 32.1. The average molecular weight is 373 g/mol. The Balaban J connectivity index is 1.62. The number of amides is 1. The molecule has 1 aliphatic rings. The number of carbonyl (C=O) groups excluding carboxylic acids is 2. The first-order chi connectivity index (χ1) is 12.5. The van der Waals surface area contributed by atoms with Gasteiger partial charge in [-0.25, -0.2) is 4.79 Å². The quantitative estimate of drug-likeness (QED) is 0.810. The van der Waals surface area contributed by atoms with Gasteiger partial charge in [0.05, 0.1) is 12.6 Å². The molecule has 3 rings (SSSR count). The van der Waals surface area contributed by atoms with Crippen LogP contribution in [0.5, 0.6) is 5.75 Å². The second kappa shape index (κ2) is 7.91. The molecule has 26 heavy (non-hydrogen) atoms. The summed E-state index contributed by atoms with van der Waals surface area (Å²) in [4.78, 5) is 26.5. The van der Waals surface area contributed by atoms with Crippen LogP contribution in [-0.2, 0) is 16.0 Å². The van der Waals surface area contributed by atoms with Crippen LogP contribution < -0.4 is 10.1 Å². The number of hydrogen-bond donors (Lipinski definition) is 1. The van der Waals surface area contributed by atoms with Gasteiger partial charge in [0, 0.05) is 16.9 Å². The summed E-state index contributed by atoms with van der Waals surface area (Å²) in [6.07, 6.45) is 0.709. The number of carbonyl (C=O) groups is 2. The summed E-state index contributed by atoms with van der Waals surface area (Å²) in [7, 11) is 0. The van der Waals surface area contributed by atoms with Gasteiger partial charge in [-0.2, -0.15) is 0 Å². The molecule has 138 valence electrons. The van der Waals surface area contributed by atoms with E-state index in [4.69, 9.17) is 9.47 Å². The monoisotopic (exact) mass is 373 g/mol. The molecule has 0 spiro atoms. The number of fused-ring (bicyclic) bond motifs is 1. The van der Waals surface area contributed by atoms with E-state index in [9.17, 15) is 9.59 Å². The van der Waals surface area contributed by atoms with Crippen LogP contribution >= 0.6 is 11.3 Å². The lowest BCUT2D eigenvalue weighted by atomic mass is 10.0. The van der Waals surface area contributed by atoms with Gasteiger partial charge in [-0.3, -0.25) is 4.79 Å². The number of thiophene rings is 1. The zero-order valence-electron chi connectivity index (χ0n) is 15.2. The predicted molar refractivity (Wildman–Crippen MR) is 101 cm³/mol. The highest BCUT2D eigenvalue weighted by Gasteiger charge is 2.26. The predicted octanol–water partition coefficient (Wildman–Crippen LogP) is 3.80. The molecule has 0 saturated heterocycles. The van der Waals surface area contributed by atoms with E-state index in [1.54, 1.807) is 6.92 Å². The Kier molecular flexibility index (Phi) is 5.61. The molecule has 1 aliphatic heterocycles. The Morgan fingerprint density at radius 3 is 2.88 bits per heavy atom. The van der Waals surface area contributed by atoms with Gasteiger partial charge in [0.15, 0.2) is 6.10 Å². The number of rotatable bonds is 5. The number of esters is 1. The summed E-state index contributed by atoms with van der Waals surface area (Å²) >= 11 is 1.42. The van der Waals surface area contributed by atoms with Crippen molar-refractivity contribution in [2.75, 3.05) is 6.61 Å². The van der Waals surface area contributed by atoms with E-state index < -0.39 is 12.1 Å². The van der Waals surface area contributed by atoms with Crippen molar-refractivity contribution in [1.82, 2.24) is 5.32 Å². The first-order valence-corrected chi connectivity index (χ1v) is 9.63. The maximum Gasteiger partial charge on any atom is 0.349 e. The molecule has 0 bridgehead atoms. The fourth-order valence-corrected chi connectivity index (χ4v) is 4.02. The molecule has 0 aliphatic carbocycles. The van der Waals surface area contributed by atoms with Crippen LogP contribution in [0.2, 0.25) is 0 Å². The van der Waals surface area contributed by atoms with Gasteiger partial charge in [-0.15, -0.1) is 11.3 Å². The Bertz CT molecular complexity index is 814. The van der Waals surface area contributed by atoms with E-state index in [1.165, 1.54) is 11.3 Å². The summed E-state index contributed by atoms with van der Waals surface area (Å²) in [5.41, 5.74) is 2.03. The van der Waals surface area contributed by atoms with Gasteiger partial charge in [0.25, 0.3) is 5.91 Å². The fourth-order valence-electron chi connectivity index (χ4n) is 3.02. The Hall–Kier alpha value is -2.34. The van der Waals surface area contributed by atoms with Crippen molar-refractivity contribution in [3.05, 3.63) is 51.2 Å². The van der Waals surface area contributed by atoms with Gasteiger partial charge in [0.2, 0.25) is 0 Å². The maximum absolute atomic E-state index is 12.5. The third kappa shape index (κ3) is 3.90. The number of nitrogens with one attached hydrogen (secondary N) is 1. The lowest BCUT2D eigenvalue weighted by Gasteiger charge is -2.27. The summed E-state index contributed by atoms with van der Waals surface area (Å²) in [5, 5.41) is 2.97. The fraction of sp³-hybridized carbons (Fsp3) is 0.400.